The molecule has 0 aliphatic carbocycles. The van der Waals surface area contributed by atoms with E-state index >= 15 is 0 Å². The van der Waals surface area contributed by atoms with E-state index in [0.29, 0.717) is 0 Å². The summed E-state index contributed by atoms with van der Waals surface area (Å²) in [6.45, 7) is 1.97. The van der Waals surface area contributed by atoms with Gasteiger partial charge in [-0.05, 0) is 35.4 Å². The third-order valence-electron chi connectivity index (χ3n) is 2.35. The minimum atomic E-state index is 0.0126. The second kappa shape index (κ2) is 3.60. The monoisotopic (exact) mass is 205 g/mol. The van der Waals surface area contributed by atoms with Gasteiger partial charge in [0, 0.05) is 11.1 Å². The van der Waals surface area contributed by atoms with E-state index in [4.69, 9.17) is 17.3 Å². The summed E-state index contributed by atoms with van der Waals surface area (Å²) >= 11 is 6.01. The SMILES string of the molecule is C[C@H](N)c1cc(Cl)cc2ccccc12. The molecule has 0 saturated carbocycles. The van der Waals surface area contributed by atoms with E-state index in [2.05, 4.69) is 6.07 Å². The maximum absolute atomic E-state index is 6.01. The van der Waals surface area contributed by atoms with Crippen LogP contribution in [0.4, 0.5) is 0 Å². The van der Waals surface area contributed by atoms with Crippen LogP contribution < -0.4 is 5.73 Å². The second-order valence-corrected chi connectivity index (χ2v) is 3.94. The van der Waals surface area contributed by atoms with Crippen LogP contribution in [0.25, 0.3) is 10.8 Å². The molecule has 0 saturated heterocycles. The number of halogens is 1. The van der Waals surface area contributed by atoms with Crippen molar-refractivity contribution in [2.75, 3.05) is 0 Å². The van der Waals surface area contributed by atoms with Gasteiger partial charge in [0.2, 0.25) is 0 Å². The van der Waals surface area contributed by atoms with Crippen molar-refractivity contribution in [3.05, 3.63) is 47.0 Å². The molecule has 0 spiro atoms. The highest BCUT2D eigenvalue weighted by Gasteiger charge is 2.06. The Morgan fingerprint density at radius 1 is 1.21 bits per heavy atom. The topological polar surface area (TPSA) is 26.0 Å². The zero-order chi connectivity index (χ0) is 10.1. The first kappa shape index (κ1) is 9.50. The van der Waals surface area contributed by atoms with E-state index in [0.717, 1.165) is 16.0 Å². The van der Waals surface area contributed by atoms with Gasteiger partial charge in [-0.25, -0.2) is 0 Å². The Bertz CT molecular complexity index is 463. The van der Waals surface area contributed by atoms with Crippen molar-refractivity contribution in [1.29, 1.82) is 0 Å². The van der Waals surface area contributed by atoms with Gasteiger partial charge in [0.15, 0.2) is 0 Å². The van der Waals surface area contributed by atoms with Crippen LogP contribution in [0.1, 0.15) is 18.5 Å². The number of benzene rings is 2. The third-order valence-corrected chi connectivity index (χ3v) is 2.57. The summed E-state index contributed by atoms with van der Waals surface area (Å²) in [6.07, 6.45) is 0. The number of fused-ring (bicyclic) bond motifs is 1. The highest BCUT2D eigenvalue weighted by molar-refractivity contribution is 6.31. The normalized spacial score (nSPS) is 13.1. The molecule has 2 aromatic carbocycles. The quantitative estimate of drug-likeness (QED) is 0.758. The van der Waals surface area contributed by atoms with Crippen molar-refractivity contribution in [3.8, 4) is 0 Å². The van der Waals surface area contributed by atoms with E-state index in [-0.39, 0.29) is 6.04 Å². The molecule has 72 valence electrons. The predicted molar refractivity (Wildman–Crippen MR) is 61.6 cm³/mol. The van der Waals surface area contributed by atoms with Crippen LogP contribution in [0.15, 0.2) is 36.4 Å². The maximum atomic E-state index is 6.01. The molecule has 0 radical (unpaired) electrons. The largest absolute Gasteiger partial charge is 0.324 e. The van der Waals surface area contributed by atoms with E-state index in [1.807, 2.05) is 37.3 Å². The fraction of sp³-hybridized carbons (Fsp3) is 0.167. The molecule has 1 nitrogen and oxygen atoms in total. The molecule has 2 heteroatoms. The molecule has 2 N–H and O–H groups in total. The standard InChI is InChI=1S/C12H12ClN/c1-8(14)12-7-10(13)6-9-4-2-3-5-11(9)12/h2-8H,14H2,1H3/t8-/m0/s1. The molecule has 0 bridgehead atoms. The first-order valence-corrected chi connectivity index (χ1v) is 5.00. The molecule has 0 aromatic heterocycles. The molecule has 0 aliphatic rings. The van der Waals surface area contributed by atoms with Crippen LogP contribution in [-0.2, 0) is 0 Å². The fourth-order valence-electron chi connectivity index (χ4n) is 1.68. The van der Waals surface area contributed by atoms with Crippen molar-refractivity contribution >= 4 is 22.4 Å². The molecule has 0 heterocycles. The Hall–Kier alpha value is -1.05. The van der Waals surface area contributed by atoms with Crippen molar-refractivity contribution in [2.45, 2.75) is 13.0 Å². The minimum Gasteiger partial charge on any atom is -0.324 e. The number of rotatable bonds is 1. The van der Waals surface area contributed by atoms with Crippen LogP contribution >= 0.6 is 11.6 Å². The zero-order valence-corrected chi connectivity index (χ0v) is 8.75. The van der Waals surface area contributed by atoms with Crippen molar-refractivity contribution in [1.82, 2.24) is 0 Å². The smallest absolute Gasteiger partial charge is 0.0415 e. The Kier molecular flexibility index (Phi) is 2.44. The summed E-state index contributed by atoms with van der Waals surface area (Å²) in [5.41, 5.74) is 6.99. The summed E-state index contributed by atoms with van der Waals surface area (Å²) in [5, 5.41) is 3.08. The summed E-state index contributed by atoms with van der Waals surface area (Å²) in [7, 11) is 0. The second-order valence-electron chi connectivity index (χ2n) is 3.50. The Balaban J connectivity index is 2.80. The first-order valence-electron chi connectivity index (χ1n) is 4.62. The maximum Gasteiger partial charge on any atom is 0.0415 e. The average Bonchev–Trinajstić information content (AvgIpc) is 2.16. The molecular weight excluding hydrogens is 194 g/mol. The van der Waals surface area contributed by atoms with E-state index in [9.17, 15) is 0 Å². The van der Waals surface area contributed by atoms with Crippen LogP contribution in [0, 0.1) is 0 Å². The summed E-state index contributed by atoms with van der Waals surface area (Å²) < 4.78 is 0. The Morgan fingerprint density at radius 3 is 2.64 bits per heavy atom. The Morgan fingerprint density at radius 2 is 1.93 bits per heavy atom. The summed E-state index contributed by atoms with van der Waals surface area (Å²) in [6, 6.07) is 12.1. The number of nitrogens with two attached hydrogens (primary N) is 1. The van der Waals surface area contributed by atoms with Crippen molar-refractivity contribution in [3.63, 3.8) is 0 Å². The lowest BCUT2D eigenvalue weighted by atomic mass is 10.0. The van der Waals surface area contributed by atoms with Crippen molar-refractivity contribution in [2.24, 2.45) is 5.73 Å². The predicted octanol–water partition coefficient (Wildman–Crippen LogP) is 3.51. The highest BCUT2D eigenvalue weighted by Crippen LogP contribution is 2.27. The molecule has 14 heavy (non-hydrogen) atoms. The van der Waals surface area contributed by atoms with Gasteiger partial charge in [-0.15, -0.1) is 0 Å². The molecule has 0 fully saturated rings. The van der Waals surface area contributed by atoms with E-state index in [1.165, 1.54) is 5.39 Å². The molecule has 2 aromatic rings. The fourth-order valence-corrected chi connectivity index (χ4v) is 1.91. The zero-order valence-electron chi connectivity index (χ0n) is 8.00. The number of hydrogen-bond donors (Lipinski definition) is 1. The van der Waals surface area contributed by atoms with Crippen LogP contribution in [0.5, 0.6) is 0 Å². The van der Waals surface area contributed by atoms with Gasteiger partial charge in [0.25, 0.3) is 0 Å². The molecule has 2 rings (SSSR count). The first-order chi connectivity index (χ1) is 6.68. The van der Waals surface area contributed by atoms with Gasteiger partial charge >= 0.3 is 0 Å². The van der Waals surface area contributed by atoms with Gasteiger partial charge in [-0.1, -0.05) is 35.9 Å². The van der Waals surface area contributed by atoms with E-state index in [1.54, 1.807) is 0 Å². The van der Waals surface area contributed by atoms with E-state index < -0.39 is 0 Å². The minimum absolute atomic E-state index is 0.0126. The molecular formula is C12H12ClN. The summed E-state index contributed by atoms with van der Waals surface area (Å²) in [4.78, 5) is 0. The van der Waals surface area contributed by atoms with Gasteiger partial charge in [0.05, 0.1) is 0 Å². The molecule has 1 atom stereocenters. The third kappa shape index (κ3) is 1.61. The molecule has 0 amide bonds. The lowest BCUT2D eigenvalue weighted by Gasteiger charge is -2.10. The summed E-state index contributed by atoms with van der Waals surface area (Å²) in [5.74, 6) is 0. The van der Waals surface area contributed by atoms with Crippen LogP contribution in [0.3, 0.4) is 0 Å². The molecule has 0 aliphatic heterocycles. The van der Waals surface area contributed by atoms with Crippen LogP contribution in [0.2, 0.25) is 5.02 Å². The van der Waals surface area contributed by atoms with Gasteiger partial charge in [0.1, 0.15) is 0 Å². The Labute approximate surface area is 88.5 Å². The molecule has 0 unspecified atom stereocenters. The highest BCUT2D eigenvalue weighted by atomic mass is 35.5. The number of hydrogen-bond acceptors (Lipinski definition) is 1. The van der Waals surface area contributed by atoms with Crippen molar-refractivity contribution < 1.29 is 0 Å². The van der Waals surface area contributed by atoms with Gasteiger partial charge in [-0.2, -0.15) is 0 Å². The lowest BCUT2D eigenvalue weighted by Crippen LogP contribution is -2.05. The van der Waals surface area contributed by atoms with Gasteiger partial charge in [-0.3, -0.25) is 0 Å². The average molecular weight is 206 g/mol. The van der Waals surface area contributed by atoms with Gasteiger partial charge < -0.3 is 5.73 Å². The lowest BCUT2D eigenvalue weighted by molar-refractivity contribution is 0.827. The van der Waals surface area contributed by atoms with Crippen LogP contribution in [-0.4, -0.2) is 0 Å².